The molecule has 2 unspecified atom stereocenters. The molecule has 2 nitrogen and oxygen atoms in total. The van der Waals surface area contributed by atoms with Crippen molar-refractivity contribution in [2.75, 3.05) is 14.1 Å². The Bertz CT molecular complexity index is 264. The van der Waals surface area contributed by atoms with Gasteiger partial charge in [0.25, 0.3) is 0 Å². The molecule has 0 aliphatic carbocycles. The van der Waals surface area contributed by atoms with Crippen molar-refractivity contribution in [3.8, 4) is 11.8 Å². The molecular formula is C18H35NO. The second-order valence-electron chi connectivity index (χ2n) is 5.96. The molecule has 0 heterocycles. The Morgan fingerprint density at radius 1 is 0.900 bits per heavy atom. The van der Waals surface area contributed by atoms with Gasteiger partial charge in [0, 0.05) is 6.42 Å². The van der Waals surface area contributed by atoms with Crippen molar-refractivity contribution >= 4 is 0 Å². The molecule has 0 radical (unpaired) electrons. The van der Waals surface area contributed by atoms with Gasteiger partial charge >= 0.3 is 0 Å². The fourth-order valence-electron chi connectivity index (χ4n) is 2.32. The standard InChI is InChI=1S/C18H35NO/c1-5-7-9-11-13-15-17(19(3)4)18(20)16-14-12-10-8-6-2/h17-18,20H,5-12,14,16H2,1-4H3. The maximum atomic E-state index is 10.3. The predicted molar refractivity (Wildman–Crippen MR) is 88.8 cm³/mol. The monoisotopic (exact) mass is 281 g/mol. The summed E-state index contributed by atoms with van der Waals surface area (Å²) in [5, 5.41) is 10.3. The summed E-state index contributed by atoms with van der Waals surface area (Å²) in [4.78, 5) is 2.05. The molecule has 0 aromatic carbocycles. The second-order valence-corrected chi connectivity index (χ2v) is 5.96. The first-order chi connectivity index (χ1) is 9.63. The minimum Gasteiger partial charge on any atom is -0.390 e. The highest BCUT2D eigenvalue weighted by molar-refractivity contribution is 5.10. The molecule has 0 aliphatic heterocycles. The molecule has 1 N–H and O–H groups in total. The normalized spacial score (nSPS) is 13.9. The van der Waals surface area contributed by atoms with Crippen LogP contribution in [0.2, 0.25) is 0 Å². The molecule has 0 aromatic rings. The van der Waals surface area contributed by atoms with Crippen LogP contribution in [0.5, 0.6) is 0 Å². The smallest absolute Gasteiger partial charge is 0.0972 e. The zero-order valence-electron chi connectivity index (χ0n) is 14.1. The van der Waals surface area contributed by atoms with Crippen molar-refractivity contribution < 1.29 is 5.11 Å². The Kier molecular flexibility index (Phi) is 13.1. The van der Waals surface area contributed by atoms with E-state index >= 15 is 0 Å². The van der Waals surface area contributed by atoms with Crippen molar-refractivity contribution in [1.29, 1.82) is 0 Å². The van der Waals surface area contributed by atoms with E-state index in [-0.39, 0.29) is 12.1 Å². The van der Waals surface area contributed by atoms with Crippen LogP contribution in [0.15, 0.2) is 0 Å². The van der Waals surface area contributed by atoms with Crippen LogP contribution in [0.1, 0.15) is 78.1 Å². The van der Waals surface area contributed by atoms with Gasteiger partial charge in [0.05, 0.1) is 12.1 Å². The van der Waals surface area contributed by atoms with Crippen LogP contribution >= 0.6 is 0 Å². The van der Waals surface area contributed by atoms with E-state index in [2.05, 4.69) is 25.7 Å². The van der Waals surface area contributed by atoms with Crippen LogP contribution in [-0.2, 0) is 0 Å². The summed E-state index contributed by atoms with van der Waals surface area (Å²) >= 11 is 0. The molecule has 0 bridgehead atoms. The maximum Gasteiger partial charge on any atom is 0.0972 e. The fourth-order valence-corrected chi connectivity index (χ4v) is 2.32. The third kappa shape index (κ3) is 10.3. The molecule has 2 atom stereocenters. The molecule has 0 aromatic heterocycles. The number of likely N-dealkylation sites (N-methyl/N-ethyl adjacent to an activating group) is 1. The maximum absolute atomic E-state index is 10.3. The molecule has 0 aliphatic rings. The number of hydrogen-bond donors (Lipinski definition) is 1. The lowest BCUT2D eigenvalue weighted by Crippen LogP contribution is -2.37. The minimum absolute atomic E-state index is 0.0113. The fraction of sp³-hybridized carbons (Fsp3) is 0.889. The number of unbranched alkanes of at least 4 members (excludes halogenated alkanes) is 7. The summed E-state index contributed by atoms with van der Waals surface area (Å²) in [5.74, 6) is 6.50. The third-order valence-electron chi connectivity index (χ3n) is 3.68. The van der Waals surface area contributed by atoms with Crippen molar-refractivity contribution in [3.63, 3.8) is 0 Å². The summed E-state index contributed by atoms with van der Waals surface area (Å²) < 4.78 is 0. The summed E-state index contributed by atoms with van der Waals surface area (Å²) in [6.07, 6.45) is 11.4. The lowest BCUT2D eigenvalue weighted by atomic mass is 10.0. The quantitative estimate of drug-likeness (QED) is 0.453. The Labute approximate surface area is 126 Å². The zero-order chi connectivity index (χ0) is 15.2. The first kappa shape index (κ1) is 19.5. The van der Waals surface area contributed by atoms with Gasteiger partial charge in [-0.3, -0.25) is 4.90 Å². The minimum atomic E-state index is -0.315. The van der Waals surface area contributed by atoms with Crippen LogP contribution < -0.4 is 0 Å². The van der Waals surface area contributed by atoms with Gasteiger partial charge in [-0.1, -0.05) is 64.7 Å². The highest BCUT2D eigenvalue weighted by atomic mass is 16.3. The van der Waals surface area contributed by atoms with Crippen molar-refractivity contribution in [3.05, 3.63) is 0 Å². The summed E-state index contributed by atoms with van der Waals surface area (Å²) in [6.45, 7) is 4.43. The van der Waals surface area contributed by atoms with Gasteiger partial charge in [-0.2, -0.15) is 0 Å². The molecular weight excluding hydrogens is 246 g/mol. The van der Waals surface area contributed by atoms with E-state index in [1.54, 1.807) is 0 Å². The van der Waals surface area contributed by atoms with Crippen LogP contribution in [0.3, 0.4) is 0 Å². The van der Waals surface area contributed by atoms with Crippen LogP contribution in [0.25, 0.3) is 0 Å². The highest BCUT2D eigenvalue weighted by Gasteiger charge is 2.18. The van der Waals surface area contributed by atoms with Crippen LogP contribution in [-0.4, -0.2) is 36.2 Å². The van der Waals surface area contributed by atoms with Gasteiger partial charge in [0.1, 0.15) is 0 Å². The van der Waals surface area contributed by atoms with E-state index in [1.807, 2.05) is 19.0 Å². The molecule has 0 amide bonds. The van der Waals surface area contributed by atoms with E-state index in [0.29, 0.717) is 0 Å². The molecule has 2 heteroatoms. The van der Waals surface area contributed by atoms with Crippen LogP contribution in [0.4, 0.5) is 0 Å². The lowest BCUT2D eigenvalue weighted by molar-refractivity contribution is 0.0945. The van der Waals surface area contributed by atoms with Crippen LogP contribution in [0, 0.1) is 11.8 Å². The zero-order valence-corrected chi connectivity index (χ0v) is 14.1. The SMILES string of the molecule is CCCCCC#CC(C(O)CCCCCCC)N(C)C. The van der Waals surface area contributed by atoms with Gasteiger partial charge < -0.3 is 5.11 Å². The topological polar surface area (TPSA) is 23.5 Å². The van der Waals surface area contributed by atoms with Gasteiger partial charge in [0.2, 0.25) is 0 Å². The predicted octanol–water partition coefficient (Wildman–Crippen LogP) is 4.22. The summed E-state index contributed by atoms with van der Waals surface area (Å²) in [7, 11) is 4.01. The Morgan fingerprint density at radius 3 is 2.10 bits per heavy atom. The molecule has 0 saturated carbocycles. The average molecular weight is 281 g/mol. The molecule has 0 spiro atoms. The van der Waals surface area contributed by atoms with E-state index < -0.39 is 0 Å². The molecule has 0 rings (SSSR count). The number of nitrogens with zero attached hydrogens (tertiary/aromatic N) is 1. The molecule has 20 heavy (non-hydrogen) atoms. The highest BCUT2D eigenvalue weighted by Crippen LogP contribution is 2.11. The van der Waals surface area contributed by atoms with Crippen molar-refractivity contribution in [2.24, 2.45) is 0 Å². The van der Waals surface area contributed by atoms with E-state index in [9.17, 15) is 5.11 Å². The third-order valence-corrected chi connectivity index (χ3v) is 3.68. The number of rotatable bonds is 11. The Morgan fingerprint density at radius 2 is 1.50 bits per heavy atom. The van der Waals surface area contributed by atoms with Gasteiger partial charge in [-0.25, -0.2) is 0 Å². The molecule has 118 valence electrons. The lowest BCUT2D eigenvalue weighted by Gasteiger charge is -2.24. The summed E-state index contributed by atoms with van der Waals surface area (Å²) in [5.41, 5.74) is 0. The van der Waals surface area contributed by atoms with Crippen molar-refractivity contribution in [1.82, 2.24) is 4.90 Å². The first-order valence-corrected chi connectivity index (χ1v) is 8.46. The van der Waals surface area contributed by atoms with E-state index in [1.165, 1.54) is 44.9 Å². The first-order valence-electron chi connectivity index (χ1n) is 8.46. The summed E-state index contributed by atoms with van der Waals surface area (Å²) in [6, 6.07) is -0.0113. The van der Waals surface area contributed by atoms with E-state index in [4.69, 9.17) is 0 Å². The van der Waals surface area contributed by atoms with Crippen molar-refractivity contribution in [2.45, 2.75) is 90.2 Å². The number of aliphatic hydroxyl groups is 1. The number of aliphatic hydroxyl groups excluding tert-OH is 1. The average Bonchev–Trinajstić information content (AvgIpc) is 2.42. The largest absolute Gasteiger partial charge is 0.390 e. The van der Waals surface area contributed by atoms with Gasteiger partial charge in [-0.15, -0.1) is 5.92 Å². The molecule has 0 saturated heterocycles. The Hall–Kier alpha value is -0.520. The van der Waals surface area contributed by atoms with Gasteiger partial charge in [-0.05, 0) is 26.9 Å². The number of hydrogen-bond acceptors (Lipinski definition) is 2. The molecule has 0 fully saturated rings. The second kappa shape index (κ2) is 13.5. The Balaban J connectivity index is 4.02. The van der Waals surface area contributed by atoms with E-state index in [0.717, 1.165) is 19.3 Å². The van der Waals surface area contributed by atoms with Gasteiger partial charge in [0.15, 0.2) is 0 Å².